The molecular weight excluding hydrogens is 384 g/mol. The second-order valence-corrected chi connectivity index (χ2v) is 6.55. The zero-order chi connectivity index (χ0) is 20.5. The van der Waals surface area contributed by atoms with Crippen molar-refractivity contribution in [3.05, 3.63) is 71.4 Å². The highest BCUT2D eigenvalue weighted by molar-refractivity contribution is 6.07. The van der Waals surface area contributed by atoms with Crippen molar-refractivity contribution < 1.29 is 27.5 Å². The molecule has 7 nitrogen and oxygen atoms in total. The van der Waals surface area contributed by atoms with Crippen molar-refractivity contribution >= 4 is 23.2 Å². The van der Waals surface area contributed by atoms with Gasteiger partial charge in [-0.1, -0.05) is 0 Å². The van der Waals surface area contributed by atoms with Crippen LogP contribution in [0.15, 0.2) is 47.4 Å². The first-order chi connectivity index (χ1) is 13.9. The molecule has 3 aromatic rings. The lowest BCUT2D eigenvalue weighted by Crippen LogP contribution is -2.17. The number of hydrogen-bond donors (Lipinski definition) is 2. The van der Waals surface area contributed by atoms with E-state index in [1.54, 1.807) is 18.2 Å². The molecule has 0 spiro atoms. The number of oxazole rings is 1. The predicted molar refractivity (Wildman–Crippen MR) is 99.0 cm³/mol. The summed E-state index contributed by atoms with van der Waals surface area (Å²) in [6.07, 6.45) is 2.85. The SMILES string of the molecule is CC1Cc2cc(NC(=O)c3cc(NC(=O)c4cocn4)c(F)cc3F)ccc2O1. The monoisotopic (exact) mass is 399 g/mol. The van der Waals surface area contributed by atoms with Gasteiger partial charge in [0.1, 0.15) is 29.8 Å². The Balaban J connectivity index is 1.55. The fourth-order valence-electron chi connectivity index (χ4n) is 3.03. The van der Waals surface area contributed by atoms with Crippen LogP contribution < -0.4 is 15.4 Å². The molecule has 4 rings (SSSR count). The lowest BCUT2D eigenvalue weighted by atomic mass is 10.1. The fourth-order valence-corrected chi connectivity index (χ4v) is 3.03. The van der Waals surface area contributed by atoms with Crippen LogP contribution in [0.4, 0.5) is 20.2 Å². The Morgan fingerprint density at radius 1 is 1.10 bits per heavy atom. The second-order valence-electron chi connectivity index (χ2n) is 6.55. The Morgan fingerprint density at radius 3 is 2.69 bits per heavy atom. The molecule has 1 aliphatic rings. The van der Waals surface area contributed by atoms with E-state index in [1.165, 1.54) is 0 Å². The number of ether oxygens (including phenoxy) is 1. The van der Waals surface area contributed by atoms with Crippen LogP contribution in [0.3, 0.4) is 0 Å². The molecule has 1 unspecified atom stereocenters. The molecular formula is C20H15F2N3O4. The molecule has 0 aliphatic carbocycles. The average Bonchev–Trinajstić information content (AvgIpc) is 3.32. The van der Waals surface area contributed by atoms with Crippen LogP contribution in [0, 0.1) is 11.6 Å². The van der Waals surface area contributed by atoms with Gasteiger partial charge >= 0.3 is 0 Å². The summed E-state index contributed by atoms with van der Waals surface area (Å²) in [5.74, 6) is -2.90. The van der Waals surface area contributed by atoms with E-state index >= 15 is 0 Å². The topological polar surface area (TPSA) is 93.5 Å². The highest BCUT2D eigenvalue weighted by atomic mass is 19.1. The third-order valence-corrected chi connectivity index (χ3v) is 4.37. The first kappa shape index (κ1) is 18.6. The van der Waals surface area contributed by atoms with Gasteiger partial charge in [0, 0.05) is 18.2 Å². The van der Waals surface area contributed by atoms with E-state index in [-0.39, 0.29) is 17.5 Å². The van der Waals surface area contributed by atoms with E-state index in [1.807, 2.05) is 6.92 Å². The Labute approximate surface area is 163 Å². The number of amides is 2. The molecule has 2 heterocycles. The van der Waals surface area contributed by atoms with Crippen LogP contribution in [-0.2, 0) is 6.42 Å². The van der Waals surface area contributed by atoms with Crippen molar-refractivity contribution in [3.63, 3.8) is 0 Å². The van der Waals surface area contributed by atoms with E-state index in [2.05, 4.69) is 15.6 Å². The Hall–Kier alpha value is -3.75. The number of anilines is 2. The van der Waals surface area contributed by atoms with Crippen LogP contribution in [0.1, 0.15) is 33.3 Å². The largest absolute Gasteiger partial charge is 0.490 e. The third kappa shape index (κ3) is 3.79. The maximum absolute atomic E-state index is 14.2. The van der Waals surface area contributed by atoms with Crippen molar-refractivity contribution in [2.24, 2.45) is 0 Å². The molecule has 0 radical (unpaired) electrons. The van der Waals surface area contributed by atoms with E-state index < -0.39 is 29.0 Å². The number of halogens is 2. The maximum Gasteiger partial charge on any atom is 0.277 e. The molecule has 2 N–H and O–H groups in total. The van der Waals surface area contributed by atoms with E-state index in [0.717, 1.165) is 30.0 Å². The van der Waals surface area contributed by atoms with Gasteiger partial charge < -0.3 is 19.8 Å². The fraction of sp³-hybridized carbons (Fsp3) is 0.150. The number of rotatable bonds is 4. The number of carbonyl (C=O) groups is 2. The first-order valence-electron chi connectivity index (χ1n) is 8.70. The molecule has 2 aromatic carbocycles. The predicted octanol–water partition coefficient (Wildman–Crippen LogP) is 3.78. The molecule has 0 fully saturated rings. The number of benzene rings is 2. The summed E-state index contributed by atoms with van der Waals surface area (Å²) < 4.78 is 38.6. The molecule has 0 saturated heterocycles. The van der Waals surface area contributed by atoms with E-state index in [0.29, 0.717) is 18.2 Å². The van der Waals surface area contributed by atoms with Crippen molar-refractivity contribution in [1.82, 2.24) is 4.98 Å². The molecule has 29 heavy (non-hydrogen) atoms. The highest BCUT2D eigenvalue weighted by Gasteiger charge is 2.21. The van der Waals surface area contributed by atoms with Crippen molar-refractivity contribution in [3.8, 4) is 5.75 Å². The normalized spacial score (nSPS) is 14.8. The number of nitrogens with zero attached hydrogens (tertiary/aromatic N) is 1. The Morgan fingerprint density at radius 2 is 1.93 bits per heavy atom. The lowest BCUT2D eigenvalue weighted by molar-refractivity contribution is 0.101. The zero-order valence-electron chi connectivity index (χ0n) is 15.2. The summed E-state index contributed by atoms with van der Waals surface area (Å²) in [5.41, 5.74) is 0.501. The summed E-state index contributed by atoms with van der Waals surface area (Å²) in [6, 6.07) is 6.55. The van der Waals surface area contributed by atoms with Gasteiger partial charge in [0.25, 0.3) is 11.8 Å². The van der Waals surface area contributed by atoms with Gasteiger partial charge in [0.2, 0.25) is 0 Å². The van der Waals surface area contributed by atoms with Crippen molar-refractivity contribution in [2.75, 3.05) is 10.6 Å². The molecule has 2 amide bonds. The van der Waals surface area contributed by atoms with Gasteiger partial charge in [-0.3, -0.25) is 9.59 Å². The molecule has 0 saturated carbocycles. The van der Waals surface area contributed by atoms with Gasteiger partial charge in [-0.15, -0.1) is 0 Å². The average molecular weight is 399 g/mol. The van der Waals surface area contributed by atoms with Crippen LogP contribution in [0.2, 0.25) is 0 Å². The van der Waals surface area contributed by atoms with E-state index in [9.17, 15) is 18.4 Å². The Bertz CT molecular complexity index is 1100. The lowest BCUT2D eigenvalue weighted by Gasteiger charge is -2.10. The first-order valence-corrected chi connectivity index (χ1v) is 8.70. The summed E-state index contributed by atoms with van der Waals surface area (Å²) in [6.45, 7) is 1.93. The summed E-state index contributed by atoms with van der Waals surface area (Å²) in [4.78, 5) is 28.2. The minimum absolute atomic E-state index is 0.0429. The minimum Gasteiger partial charge on any atom is -0.490 e. The number of aromatic nitrogens is 1. The van der Waals surface area contributed by atoms with Crippen LogP contribution in [-0.4, -0.2) is 22.9 Å². The van der Waals surface area contributed by atoms with Gasteiger partial charge in [-0.05, 0) is 36.8 Å². The van der Waals surface area contributed by atoms with Crippen molar-refractivity contribution in [2.45, 2.75) is 19.4 Å². The molecule has 1 aliphatic heterocycles. The quantitative estimate of drug-likeness (QED) is 0.696. The van der Waals surface area contributed by atoms with Gasteiger partial charge in [0.15, 0.2) is 12.1 Å². The third-order valence-electron chi connectivity index (χ3n) is 4.37. The van der Waals surface area contributed by atoms with E-state index in [4.69, 9.17) is 9.15 Å². The van der Waals surface area contributed by atoms with Gasteiger partial charge in [-0.2, -0.15) is 0 Å². The molecule has 1 atom stereocenters. The zero-order valence-corrected chi connectivity index (χ0v) is 15.2. The number of hydrogen-bond acceptors (Lipinski definition) is 5. The summed E-state index contributed by atoms with van der Waals surface area (Å²) in [5, 5.41) is 4.81. The molecule has 1 aromatic heterocycles. The van der Waals surface area contributed by atoms with Crippen molar-refractivity contribution in [1.29, 1.82) is 0 Å². The van der Waals surface area contributed by atoms with Gasteiger partial charge in [0.05, 0.1) is 11.3 Å². The molecule has 0 bridgehead atoms. The number of carbonyl (C=O) groups excluding carboxylic acids is 2. The number of fused-ring (bicyclic) bond motifs is 1. The smallest absolute Gasteiger partial charge is 0.277 e. The van der Waals surface area contributed by atoms with Crippen LogP contribution in [0.25, 0.3) is 0 Å². The highest BCUT2D eigenvalue weighted by Crippen LogP contribution is 2.31. The van der Waals surface area contributed by atoms with Crippen LogP contribution >= 0.6 is 0 Å². The van der Waals surface area contributed by atoms with Gasteiger partial charge in [-0.25, -0.2) is 13.8 Å². The summed E-state index contributed by atoms with van der Waals surface area (Å²) >= 11 is 0. The Kier molecular flexibility index (Phi) is 4.71. The van der Waals surface area contributed by atoms with Crippen LogP contribution in [0.5, 0.6) is 5.75 Å². The standard InChI is InChI=1S/C20H15F2N3O4/c1-10-4-11-5-12(2-3-18(11)29-10)24-19(26)13-6-16(15(22)7-14(13)21)25-20(27)17-8-28-9-23-17/h2-3,5-10H,4H2,1H3,(H,24,26)(H,25,27). The number of nitrogens with one attached hydrogen (secondary N) is 2. The minimum atomic E-state index is -1.06. The molecule has 148 valence electrons. The second kappa shape index (κ2) is 7.34. The maximum atomic E-state index is 14.2. The summed E-state index contributed by atoms with van der Waals surface area (Å²) in [7, 11) is 0. The molecule has 9 heteroatoms.